The third-order valence-corrected chi connectivity index (χ3v) is 4.61. The molecule has 0 aromatic heterocycles. The highest BCUT2D eigenvalue weighted by molar-refractivity contribution is 5.95. The van der Waals surface area contributed by atoms with Crippen molar-refractivity contribution < 1.29 is 23.8 Å². The van der Waals surface area contributed by atoms with Gasteiger partial charge in [-0.3, -0.25) is 0 Å². The molecule has 2 amide bonds. The Kier molecular flexibility index (Phi) is 6.34. The van der Waals surface area contributed by atoms with E-state index < -0.39 is 12.0 Å². The molecule has 1 aromatic carbocycles. The highest BCUT2D eigenvalue weighted by atomic mass is 16.6. The van der Waals surface area contributed by atoms with Gasteiger partial charge < -0.3 is 24.8 Å². The number of esters is 1. The Morgan fingerprint density at radius 1 is 1.33 bits per heavy atom. The minimum Gasteiger partial charge on any atom is -0.493 e. The molecule has 7 heteroatoms. The Labute approximate surface area is 159 Å². The van der Waals surface area contributed by atoms with Gasteiger partial charge in [0.15, 0.2) is 0 Å². The van der Waals surface area contributed by atoms with Gasteiger partial charge in [0.05, 0.1) is 24.3 Å². The standard InChI is InChI=1S/C20H26N2O5/c1-3-10-26-16-9-5-4-8-15(16)18-17(13(2)21-20(24)22-18)19(23)27-12-14-7-6-11-25-14/h4-5,8-9,14,18H,3,6-7,10-12H2,1-2H3,(H2,21,22,24)/t14-,18+/m0/s1. The summed E-state index contributed by atoms with van der Waals surface area (Å²) in [6, 6.07) is 6.41. The third kappa shape index (κ3) is 4.60. The number of allylic oxidation sites excluding steroid dienone is 1. The van der Waals surface area contributed by atoms with Crippen molar-refractivity contribution in [2.75, 3.05) is 19.8 Å². The molecular weight excluding hydrogens is 348 g/mol. The number of hydrogen-bond acceptors (Lipinski definition) is 5. The van der Waals surface area contributed by atoms with E-state index in [1.807, 2.05) is 31.2 Å². The van der Waals surface area contributed by atoms with Crippen LogP contribution in [-0.2, 0) is 14.3 Å². The van der Waals surface area contributed by atoms with Gasteiger partial charge in [-0.25, -0.2) is 9.59 Å². The van der Waals surface area contributed by atoms with Crippen LogP contribution in [0.5, 0.6) is 5.75 Å². The predicted molar refractivity (Wildman–Crippen MR) is 99.3 cm³/mol. The maximum absolute atomic E-state index is 12.8. The fraction of sp³-hybridized carbons (Fsp3) is 0.500. The molecule has 0 radical (unpaired) electrons. The quantitative estimate of drug-likeness (QED) is 0.717. The summed E-state index contributed by atoms with van der Waals surface area (Å²) in [5, 5.41) is 5.48. The lowest BCUT2D eigenvalue weighted by Gasteiger charge is -2.29. The number of benzene rings is 1. The third-order valence-electron chi connectivity index (χ3n) is 4.61. The number of rotatable bonds is 7. The normalized spacial score (nSPS) is 22.2. The van der Waals surface area contributed by atoms with E-state index >= 15 is 0 Å². The molecule has 1 fully saturated rings. The minimum atomic E-state index is -0.635. The van der Waals surface area contributed by atoms with Crippen LogP contribution < -0.4 is 15.4 Å². The summed E-state index contributed by atoms with van der Waals surface area (Å²) in [6.45, 7) is 5.19. The Bertz CT molecular complexity index is 725. The molecule has 2 atom stereocenters. The van der Waals surface area contributed by atoms with E-state index in [0.29, 0.717) is 30.2 Å². The van der Waals surface area contributed by atoms with Gasteiger partial charge in [-0.15, -0.1) is 0 Å². The second-order valence-corrected chi connectivity index (χ2v) is 6.69. The van der Waals surface area contributed by atoms with Crippen LogP contribution in [0.2, 0.25) is 0 Å². The Morgan fingerprint density at radius 2 is 2.15 bits per heavy atom. The van der Waals surface area contributed by atoms with Crippen molar-refractivity contribution >= 4 is 12.0 Å². The van der Waals surface area contributed by atoms with Crippen LogP contribution in [0.1, 0.15) is 44.7 Å². The van der Waals surface area contributed by atoms with Crippen LogP contribution >= 0.6 is 0 Å². The number of carbonyl (C=O) groups is 2. The summed E-state index contributed by atoms with van der Waals surface area (Å²) < 4.78 is 16.8. The van der Waals surface area contributed by atoms with Gasteiger partial charge in [0.2, 0.25) is 0 Å². The highest BCUT2D eigenvalue weighted by Crippen LogP contribution is 2.33. The largest absolute Gasteiger partial charge is 0.493 e. The van der Waals surface area contributed by atoms with E-state index in [1.165, 1.54) is 0 Å². The molecule has 1 aromatic rings. The molecule has 7 nitrogen and oxygen atoms in total. The van der Waals surface area contributed by atoms with Crippen LogP contribution in [0.15, 0.2) is 35.5 Å². The minimum absolute atomic E-state index is 0.0559. The number of ether oxygens (including phenoxy) is 3. The average molecular weight is 374 g/mol. The lowest BCUT2D eigenvalue weighted by molar-refractivity contribution is -0.142. The van der Waals surface area contributed by atoms with E-state index in [0.717, 1.165) is 24.8 Å². The second kappa shape index (κ2) is 8.90. The number of hydrogen-bond donors (Lipinski definition) is 2. The maximum atomic E-state index is 12.8. The molecule has 0 saturated carbocycles. The van der Waals surface area contributed by atoms with Gasteiger partial charge in [-0.05, 0) is 32.3 Å². The molecule has 0 spiro atoms. The second-order valence-electron chi connectivity index (χ2n) is 6.69. The van der Waals surface area contributed by atoms with Gasteiger partial charge in [-0.2, -0.15) is 0 Å². The molecule has 2 N–H and O–H groups in total. The lowest BCUT2D eigenvalue weighted by Crippen LogP contribution is -2.45. The molecule has 2 aliphatic rings. The molecule has 0 unspecified atom stereocenters. The van der Waals surface area contributed by atoms with Crippen LogP contribution in [0.3, 0.4) is 0 Å². The molecule has 2 heterocycles. The first-order valence-corrected chi connectivity index (χ1v) is 9.39. The SMILES string of the molecule is CCCOc1ccccc1[C@H]1NC(=O)NC(C)=C1C(=O)OC[C@@H]1CCCO1. The predicted octanol–water partition coefficient (Wildman–Crippen LogP) is 2.83. The van der Waals surface area contributed by atoms with Crippen molar-refractivity contribution in [2.24, 2.45) is 0 Å². The summed E-state index contributed by atoms with van der Waals surface area (Å²) in [7, 11) is 0. The molecule has 0 aliphatic carbocycles. The van der Waals surface area contributed by atoms with Crippen LogP contribution in [0.4, 0.5) is 4.79 Å². The number of amides is 2. The Balaban J connectivity index is 1.84. The topological polar surface area (TPSA) is 85.9 Å². The summed E-state index contributed by atoms with van der Waals surface area (Å²) >= 11 is 0. The fourth-order valence-corrected chi connectivity index (χ4v) is 3.28. The van der Waals surface area contributed by atoms with Gasteiger partial charge >= 0.3 is 12.0 Å². The molecule has 27 heavy (non-hydrogen) atoms. The first-order valence-electron chi connectivity index (χ1n) is 9.39. The first kappa shape index (κ1) is 19.2. The van der Waals surface area contributed by atoms with Crippen molar-refractivity contribution in [2.45, 2.75) is 45.3 Å². The molecule has 3 rings (SSSR count). The smallest absolute Gasteiger partial charge is 0.338 e. The van der Waals surface area contributed by atoms with Crippen molar-refractivity contribution in [1.82, 2.24) is 10.6 Å². The molecule has 2 aliphatic heterocycles. The number of carbonyl (C=O) groups excluding carboxylic acids is 2. The van der Waals surface area contributed by atoms with E-state index in [2.05, 4.69) is 10.6 Å². The Hall–Kier alpha value is -2.54. The fourth-order valence-electron chi connectivity index (χ4n) is 3.28. The summed E-state index contributed by atoms with van der Waals surface area (Å²) in [4.78, 5) is 24.9. The monoisotopic (exact) mass is 374 g/mol. The van der Waals surface area contributed by atoms with Crippen molar-refractivity contribution in [3.05, 3.63) is 41.1 Å². The van der Waals surface area contributed by atoms with Gasteiger partial charge in [0.1, 0.15) is 12.4 Å². The van der Waals surface area contributed by atoms with E-state index in [4.69, 9.17) is 14.2 Å². The zero-order valence-electron chi connectivity index (χ0n) is 15.7. The van der Waals surface area contributed by atoms with Crippen LogP contribution in [-0.4, -0.2) is 37.9 Å². The highest BCUT2D eigenvalue weighted by Gasteiger charge is 2.34. The molecule has 146 valence electrons. The molecular formula is C20H26N2O5. The van der Waals surface area contributed by atoms with E-state index in [1.54, 1.807) is 6.92 Å². The van der Waals surface area contributed by atoms with E-state index in [9.17, 15) is 9.59 Å². The van der Waals surface area contributed by atoms with Crippen molar-refractivity contribution in [3.63, 3.8) is 0 Å². The van der Waals surface area contributed by atoms with Gasteiger partial charge in [0.25, 0.3) is 0 Å². The van der Waals surface area contributed by atoms with Crippen LogP contribution in [0.25, 0.3) is 0 Å². The molecule has 0 bridgehead atoms. The van der Waals surface area contributed by atoms with Crippen molar-refractivity contribution in [1.29, 1.82) is 0 Å². The molecule has 1 saturated heterocycles. The lowest BCUT2D eigenvalue weighted by atomic mass is 9.95. The van der Waals surface area contributed by atoms with Crippen molar-refractivity contribution in [3.8, 4) is 5.75 Å². The van der Waals surface area contributed by atoms with Gasteiger partial charge in [-0.1, -0.05) is 25.1 Å². The average Bonchev–Trinajstić information content (AvgIpc) is 3.17. The number of para-hydroxylation sites is 1. The zero-order valence-corrected chi connectivity index (χ0v) is 15.7. The van der Waals surface area contributed by atoms with E-state index in [-0.39, 0.29) is 18.7 Å². The summed E-state index contributed by atoms with van der Waals surface area (Å²) in [5.74, 6) is 0.176. The zero-order chi connectivity index (χ0) is 19.2. The maximum Gasteiger partial charge on any atom is 0.338 e. The number of nitrogens with one attached hydrogen (secondary N) is 2. The number of urea groups is 1. The first-order chi connectivity index (χ1) is 13.1. The summed E-state index contributed by atoms with van der Waals surface area (Å²) in [5.41, 5.74) is 1.58. The Morgan fingerprint density at radius 3 is 2.89 bits per heavy atom. The van der Waals surface area contributed by atoms with Crippen LogP contribution in [0, 0.1) is 0 Å². The summed E-state index contributed by atoms with van der Waals surface area (Å²) in [6.07, 6.45) is 2.67. The van der Waals surface area contributed by atoms with Gasteiger partial charge in [0, 0.05) is 17.9 Å².